The average molecular weight is 301 g/mol. The molecule has 6 heteroatoms. The van der Waals surface area contributed by atoms with E-state index in [1.165, 1.54) is 0 Å². The van der Waals surface area contributed by atoms with E-state index in [0.29, 0.717) is 16.5 Å². The van der Waals surface area contributed by atoms with Gasteiger partial charge in [0, 0.05) is 31.4 Å². The van der Waals surface area contributed by atoms with Gasteiger partial charge in [0.15, 0.2) is 0 Å². The van der Waals surface area contributed by atoms with E-state index in [9.17, 15) is 0 Å². The van der Waals surface area contributed by atoms with Crippen molar-refractivity contribution in [2.75, 3.05) is 18.0 Å². The quantitative estimate of drug-likeness (QED) is 0.872. The molecule has 1 atom stereocenters. The maximum absolute atomic E-state index is 8.91. The molecule has 0 N–H and O–H groups in total. The summed E-state index contributed by atoms with van der Waals surface area (Å²) < 4.78 is 5.91. The normalized spacial score (nSPS) is 17.5. The Bertz CT molecular complexity index is 685. The van der Waals surface area contributed by atoms with Crippen molar-refractivity contribution in [2.45, 2.75) is 12.5 Å². The third kappa shape index (κ3) is 3.06. The van der Waals surface area contributed by atoms with Crippen LogP contribution in [0.5, 0.6) is 5.75 Å². The third-order valence-electron chi connectivity index (χ3n) is 3.35. The molecule has 1 fully saturated rings. The first-order valence-corrected chi connectivity index (χ1v) is 7.02. The third-order valence-corrected chi connectivity index (χ3v) is 3.63. The Hall–Kier alpha value is -2.32. The van der Waals surface area contributed by atoms with Gasteiger partial charge in [-0.3, -0.25) is 4.98 Å². The molecule has 3 rings (SSSR count). The Morgan fingerprint density at radius 1 is 1.38 bits per heavy atom. The fourth-order valence-electron chi connectivity index (χ4n) is 2.33. The zero-order valence-corrected chi connectivity index (χ0v) is 12.0. The summed E-state index contributed by atoms with van der Waals surface area (Å²) in [6.07, 6.45) is 4.17. The van der Waals surface area contributed by atoms with Gasteiger partial charge in [-0.25, -0.2) is 4.98 Å². The van der Waals surface area contributed by atoms with Crippen molar-refractivity contribution < 1.29 is 4.74 Å². The summed E-state index contributed by atoms with van der Waals surface area (Å²) in [6.45, 7) is 1.57. The van der Waals surface area contributed by atoms with Gasteiger partial charge in [-0.05, 0) is 12.1 Å². The van der Waals surface area contributed by atoms with Crippen LogP contribution in [0.25, 0.3) is 0 Å². The maximum Gasteiger partial charge on any atom is 0.142 e. The van der Waals surface area contributed by atoms with E-state index >= 15 is 0 Å². The molecule has 0 spiro atoms. The molecule has 0 saturated carbocycles. The smallest absolute Gasteiger partial charge is 0.142 e. The zero-order valence-electron chi connectivity index (χ0n) is 11.2. The lowest BCUT2D eigenvalue weighted by Gasteiger charge is -2.18. The maximum atomic E-state index is 8.91. The minimum atomic E-state index is 0.0532. The molecule has 0 bridgehead atoms. The molecular weight excluding hydrogens is 288 g/mol. The molecule has 0 radical (unpaired) electrons. The molecule has 1 saturated heterocycles. The van der Waals surface area contributed by atoms with Gasteiger partial charge in [-0.1, -0.05) is 17.7 Å². The summed E-state index contributed by atoms with van der Waals surface area (Å²) in [5, 5.41) is 9.42. The molecule has 0 amide bonds. The summed E-state index contributed by atoms with van der Waals surface area (Å²) in [7, 11) is 0. The van der Waals surface area contributed by atoms with Crippen LogP contribution < -0.4 is 9.64 Å². The lowest BCUT2D eigenvalue weighted by Crippen LogP contribution is -2.25. The van der Waals surface area contributed by atoms with Gasteiger partial charge in [-0.2, -0.15) is 5.26 Å². The molecule has 1 unspecified atom stereocenters. The topological polar surface area (TPSA) is 62.0 Å². The van der Waals surface area contributed by atoms with Crippen molar-refractivity contribution in [1.29, 1.82) is 5.26 Å². The Morgan fingerprint density at radius 2 is 2.29 bits per heavy atom. The van der Waals surface area contributed by atoms with E-state index in [0.717, 1.165) is 25.3 Å². The van der Waals surface area contributed by atoms with Crippen molar-refractivity contribution in [3.05, 3.63) is 47.4 Å². The fraction of sp³-hybridized carbons (Fsp3) is 0.267. The van der Waals surface area contributed by atoms with Gasteiger partial charge in [0.1, 0.15) is 34.5 Å². The number of nitriles is 1. The molecule has 106 valence electrons. The van der Waals surface area contributed by atoms with Crippen molar-refractivity contribution in [3.8, 4) is 11.8 Å². The van der Waals surface area contributed by atoms with Crippen molar-refractivity contribution in [3.63, 3.8) is 0 Å². The number of aromatic nitrogens is 2. The highest BCUT2D eigenvalue weighted by molar-refractivity contribution is 6.31. The largest absolute Gasteiger partial charge is 0.487 e. The first kappa shape index (κ1) is 13.7. The van der Waals surface area contributed by atoms with Crippen LogP contribution in [-0.4, -0.2) is 29.2 Å². The van der Waals surface area contributed by atoms with Crippen LogP contribution >= 0.6 is 11.6 Å². The number of pyridine rings is 2. The van der Waals surface area contributed by atoms with E-state index in [4.69, 9.17) is 21.6 Å². The molecule has 2 aromatic rings. The summed E-state index contributed by atoms with van der Waals surface area (Å²) >= 11 is 6.05. The van der Waals surface area contributed by atoms with E-state index in [-0.39, 0.29) is 6.10 Å². The molecule has 21 heavy (non-hydrogen) atoms. The Labute approximate surface area is 127 Å². The van der Waals surface area contributed by atoms with Gasteiger partial charge >= 0.3 is 0 Å². The Balaban J connectivity index is 1.68. The van der Waals surface area contributed by atoms with Crippen molar-refractivity contribution in [1.82, 2.24) is 9.97 Å². The van der Waals surface area contributed by atoms with Gasteiger partial charge in [0.2, 0.25) is 0 Å². The Morgan fingerprint density at radius 3 is 3.10 bits per heavy atom. The van der Waals surface area contributed by atoms with Gasteiger partial charge in [-0.15, -0.1) is 0 Å². The van der Waals surface area contributed by atoms with Crippen LogP contribution in [-0.2, 0) is 0 Å². The number of rotatable bonds is 3. The Kier molecular flexibility index (Phi) is 3.89. The molecule has 3 heterocycles. The number of hydrogen-bond acceptors (Lipinski definition) is 5. The SMILES string of the molecule is N#Cc1cccc(N2CCC(Oc3ccncc3Cl)C2)n1. The summed E-state index contributed by atoms with van der Waals surface area (Å²) in [5.41, 5.74) is 0.425. The zero-order chi connectivity index (χ0) is 14.7. The van der Waals surface area contributed by atoms with E-state index in [1.807, 2.05) is 12.1 Å². The van der Waals surface area contributed by atoms with Gasteiger partial charge in [0.25, 0.3) is 0 Å². The molecule has 0 aromatic carbocycles. The van der Waals surface area contributed by atoms with Crippen LogP contribution in [0, 0.1) is 11.3 Å². The molecular formula is C15H13ClN4O. The lowest BCUT2D eigenvalue weighted by atomic mass is 10.3. The average Bonchev–Trinajstić information content (AvgIpc) is 2.98. The van der Waals surface area contributed by atoms with Gasteiger partial charge < -0.3 is 9.64 Å². The second-order valence-corrected chi connectivity index (χ2v) is 5.18. The van der Waals surface area contributed by atoms with Crippen molar-refractivity contribution >= 4 is 17.4 Å². The summed E-state index contributed by atoms with van der Waals surface area (Å²) in [4.78, 5) is 10.4. The number of hydrogen-bond donors (Lipinski definition) is 0. The number of halogens is 1. The van der Waals surface area contributed by atoms with Crippen LogP contribution in [0.2, 0.25) is 5.02 Å². The minimum Gasteiger partial charge on any atom is -0.487 e. The van der Waals surface area contributed by atoms with Crippen LogP contribution in [0.1, 0.15) is 12.1 Å². The monoisotopic (exact) mass is 300 g/mol. The second-order valence-electron chi connectivity index (χ2n) is 4.77. The standard InChI is InChI=1S/C15H13ClN4O/c16-13-9-18-6-4-14(13)21-12-5-7-20(10-12)15-3-1-2-11(8-17)19-15/h1-4,6,9,12H,5,7,10H2. The minimum absolute atomic E-state index is 0.0532. The van der Waals surface area contributed by atoms with Crippen LogP contribution in [0.3, 0.4) is 0 Å². The number of anilines is 1. The van der Waals surface area contributed by atoms with Gasteiger partial charge in [0.05, 0.1) is 6.54 Å². The molecule has 5 nitrogen and oxygen atoms in total. The van der Waals surface area contributed by atoms with E-state index in [1.54, 1.807) is 24.5 Å². The highest BCUT2D eigenvalue weighted by atomic mass is 35.5. The fourth-order valence-corrected chi connectivity index (χ4v) is 2.50. The van der Waals surface area contributed by atoms with Crippen molar-refractivity contribution in [2.24, 2.45) is 0 Å². The molecule has 0 aliphatic carbocycles. The highest BCUT2D eigenvalue weighted by Gasteiger charge is 2.25. The predicted octanol–water partition coefficient (Wildman–Crippen LogP) is 2.66. The lowest BCUT2D eigenvalue weighted by molar-refractivity contribution is 0.225. The number of nitrogens with zero attached hydrogens (tertiary/aromatic N) is 4. The highest BCUT2D eigenvalue weighted by Crippen LogP contribution is 2.27. The van der Waals surface area contributed by atoms with E-state index < -0.39 is 0 Å². The van der Waals surface area contributed by atoms with E-state index in [2.05, 4.69) is 20.9 Å². The van der Waals surface area contributed by atoms with Crippen LogP contribution in [0.15, 0.2) is 36.7 Å². The molecule has 2 aromatic heterocycles. The summed E-state index contributed by atoms with van der Waals surface area (Å²) in [5.74, 6) is 1.46. The second kappa shape index (κ2) is 5.98. The molecule has 1 aliphatic heterocycles. The first-order valence-electron chi connectivity index (χ1n) is 6.64. The first-order chi connectivity index (χ1) is 10.3. The predicted molar refractivity (Wildman–Crippen MR) is 79.4 cm³/mol. The van der Waals surface area contributed by atoms with Crippen LogP contribution in [0.4, 0.5) is 5.82 Å². The molecule has 1 aliphatic rings. The number of ether oxygens (including phenoxy) is 1. The summed E-state index contributed by atoms with van der Waals surface area (Å²) in [6, 6.07) is 9.27.